The van der Waals surface area contributed by atoms with Gasteiger partial charge in [-0.25, -0.2) is 8.42 Å². The summed E-state index contributed by atoms with van der Waals surface area (Å²) in [6.07, 6.45) is 1.13. The molecule has 0 saturated heterocycles. The molecule has 0 fully saturated rings. The van der Waals surface area contributed by atoms with Crippen LogP contribution < -0.4 is 0 Å². The van der Waals surface area contributed by atoms with Gasteiger partial charge in [-0.05, 0) is 37.6 Å². The molecule has 4 nitrogen and oxygen atoms in total. The van der Waals surface area contributed by atoms with E-state index in [0.717, 1.165) is 17.4 Å². The zero-order valence-corrected chi connectivity index (χ0v) is 14.6. The Morgan fingerprint density at radius 1 is 1.09 bits per heavy atom. The second-order valence-corrected chi connectivity index (χ2v) is 7.82. The maximum atomic E-state index is 12.6. The Hall–Kier alpha value is -2.14. The van der Waals surface area contributed by atoms with Gasteiger partial charge in [0.05, 0.1) is 10.9 Å². The van der Waals surface area contributed by atoms with E-state index in [0.29, 0.717) is 5.56 Å². The molecule has 0 aliphatic heterocycles. The monoisotopic (exact) mass is 331 g/mol. The molecule has 0 aromatic heterocycles. The summed E-state index contributed by atoms with van der Waals surface area (Å²) in [5, 5.41) is 0. The topological polar surface area (TPSA) is 54.5 Å². The number of benzene rings is 2. The van der Waals surface area contributed by atoms with E-state index in [9.17, 15) is 13.2 Å². The number of hydrogen-bond acceptors (Lipinski definition) is 3. The number of rotatable bonds is 4. The highest BCUT2D eigenvalue weighted by Gasteiger charge is 2.20. The standard InChI is InChI=1S/C18H21NO3S/c1-13-8-10-15(11-9-13)14(2)19(3)18(20)16-6-5-7-17(12-16)23(4,21)22/h5-12,14H,1-4H3. The molecule has 1 unspecified atom stereocenters. The van der Waals surface area contributed by atoms with Gasteiger partial charge >= 0.3 is 0 Å². The first-order chi connectivity index (χ1) is 10.7. The molecule has 2 aromatic carbocycles. The van der Waals surface area contributed by atoms with Gasteiger partial charge in [-0.3, -0.25) is 4.79 Å². The van der Waals surface area contributed by atoms with Crippen LogP contribution in [0.2, 0.25) is 0 Å². The largest absolute Gasteiger partial charge is 0.335 e. The average Bonchev–Trinajstić information content (AvgIpc) is 2.53. The van der Waals surface area contributed by atoms with Crippen LogP contribution in [0.1, 0.15) is 34.5 Å². The summed E-state index contributed by atoms with van der Waals surface area (Å²) < 4.78 is 23.3. The van der Waals surface area contributed by atoms with Crippen LogP contribution in [0.25, 0.3) is 0 Å². The zero-order chi connectivity index (χ0) is 17.2. The van der Waals surface area contributed by atoms with E-state index >= 15 is 0 Å². The normalized spacial score (nSPS) is 12.7. The minimum absolute atomic E-state index is 0.106. The Morgan fingerprint density at radius 3 is 2.26 bits per heavy atom. The fourth-order valence-corrected chi connectivity index (χ4v) is 2.97. The Kier molecular flexibility index (Phi) is 4.90. The first kappa shape index (κ1) is 17.2. The van der Waals surface area contributed by atoms with Gasteiger partial charge < -0.3 is 4.90 Å². The Balaban J connectivity index is 2.27. The van der Waals surface area contributed by atoms with Crippen molar-refractivity contribution in [2.24, 2.45) is 0 Å². The maximum absolute atomic E-state index is 12.6. The van der Waals surface area contributed by atoms with E-state index in [1.807, 2.05) is 38.1 Å². The number of aryl methyl sites for hydroxylation is 1. The van der Waals surface area contributed by atoms with Crippen LogP contribution in [0.3, 0.4) is 0 Å². The van der Waals surface area contributed by atoms with E-state index in [1.165, 1.54) is 12.1 Å². The van der Waals surface area contributed by atoms with Crippen LogP contribution in [-0.2, 0) is 9.84 Å². The second kappa shape index (κ2) is 6.54. The van der Waals surface area contributed by atoms with Gasteiger partial charge in [-0.15, -0.1) is 0 Å². The predicted molar refractivity (Wildman–Crippen MR) is 91.2 cm³/mol. The Labute approximate surface area is 137 Å². The van der Waals surface area contributed by atoms with Crippen molar-refractivity contribution in [2.75, 3.05) is 13.3 Å². The molecule has 0 spiro atoms. The van der Waals surface area contributed by atoms with Crippen molar-refractivity contribution in [3.63, 3.8) is 0 Å². The third-order valence-corrected chi connectivity index (χ3v) is 5.08. The second-order valence-electron chi connectivity index (χ2n) is 5.80. The van der Waals surface area contributed by atoms with Crippen LogP contribution >= 0.6 is 0 Å². The third-order valence-electron chi connectivity index (χ3n) is 3.97. The van der Waals surface area contributed by atoms with Crippen molar-refractivity contribution < 1.29 is 13.2 Å². The molecule has 0 N–H and O–H groups in total. The number of hydrogen-bond donors (Lipinski definition) is 0. The van der Waals surface area contributed by atoms with E-state index < -0.39 is 9.84 Å². The summed E-state index contributed by atoms with van der Waals surface area (Å²) in [5.74, 6) is -0.205. The quantitative estimate of drug-likeness (QED) is 0.864. The van der Waals surface area contributed by atoms with Crippen molar-refractivity contribution in [2.45, 2.75) is 24.8 Å². The molecule has 1 amide bonds. The fraction of sp³-hybridized carbons (Fsp3) is 0.278. The van der Waals surface area contributed by atoms with Crippen LogP contribution in [0.5, 0.6) is 0 Å². The van der Waals surface area contributed by atoms with E-state index in [-0.39, 0.29) is 16.8 Å². The lowest BCUT2D eigenvalue weighted by atomic mass is 10.0. The zero-order valence-electron chi connectivity index (χ0n) is 13.8. The highest BCUT2D eigenvalue weighted by molar-refractivity contribution is 7.90. The number of carbonyl (C=O) groups is 1. The van der Waals surface area contributed by atoms with Crippen molar-refractivity contribution in [1.82, 2.24) is 4.90 Å². The summed E-state index contributed by atoms with van der Waals surface area (Å²) in [5.41, 5.74) is 2.57. The molecule has 0 saturated carbocycles. The van der Waals surface area contributed by atoms with Gasteiger partial charge in [0.15, 0.2) is 9.84 Å². The van der Waals surface area contributed by atoms with Gasteiger partial charge in [0.2, 0.25) is 0 Å². The average molecular weight is 331 g/mol. The highest BCUT2D eigenvalue weighted by atomic mass is 32.2. The van der Waals surface area contributed by atoms with E-state index in [4.69, 9.17) is 0 Å². The van der Waals surface area contributed by atoms with Crippen LogP contribution in [0, 0.1) is 6.92 Å². The molecule has 2 rings (SSSR count). The summed E-state index contributed by atoms with van der Waals surface area (Å²) in [6.45, 7) is 3.96. The molecule has 0 aliphatic rings. The summed E-state index contributed by atoms with van der Waals surface area (Å²) in [4.78, 5) is 14.4. The van der Waals surface area contributed by atoms with Gasteiger partial charge in [0, 0.05) is 18.9 Å². The van der Waals surface area contributed by atoms with Gasteiger partial charge in [0.25, 0.3) is 5.91 Å². The lowest BCUT2D eigenvalue weighted by Crippen LogP contribution is -2.29. The minimum Gasteiger partial charge on any atom is -0.335 e. The smallest absolute Gasteiger partial charge is 0.254 e. The van der Waals surface area contributed by atoms with Crippen molar-refractivity contribution >= 4 is 15.7 Å². The number of nitrogens with zero attached hydrogens (tertiary/aromatic N) is 1. The third kappa shape index (κ3) is 3.99. The molecule has 0 bridgehead atoms. The van der Waals surface area contributed by atoms with Crippen molar-refractivity contribution in [3.05, 3.63) is 65.2 Å². The number of carbonyl (C=O) groups excluding carboxylic acids is 1. The molecule has 0 aliphatic carbocycles. The Bertz CT molecular complexity index is 810. The van der Waals surface area contributed by atoms with Gasteiger partial charge in [-0.2, -0.15) is 0 Å². The van der Waals surface area contributed by atoms with E-state index in [1.54, 1.807) is 24.1 Å². The first-order valence-electron chi connectivity index (χ1n) is 7.34. The molecule has 2 aromatic rings. The van der Waals surface area contributed by atoms with Crippen molar-refractivity contribution in [1.29, 1.82) is 0 Å². The molecule has 122 valence electrons. The predicted octanol–water partition coefficient (Wildman–Crippen LogP) is 3.23. The van der Waals surface area contributed by atoms with Gasteiger partial charge in [0.1, 0.15) is 0 Å². The SMILES string of the molecule is Cc1ccc(C(C)N(C)C(=O)c2cccc(S(C)(=O)=O)c2)cc1. The number of amides is 1. The van der Waals surface area contributed by atoms with E-state index in [2.05, 4.69) is 0 Å². The molecular formula is C18H21NO3S. The molecule has 0 heterocycles. The lowest BCUT2D eigenvalue weighted by molar-refractivity contribution is 0.0742. The maximum Gasteiger partial charge on any atom is 0.254 e. The molecule has 1 atom stereocenters. The highest BCUT2D eigenvalue weighted by Crippen LogP contribution is 2.22. The summed E-state index contributed by atoms with van der Waals surface area (Å²) in [6, 6.07) is 14.1. The molecular weight excluding hydrogens is 310 g/mol. The van der Waals surface area contributed by atoms with Crippen LogP contribution in [0.4, 0.5) is 0 Å². The number of sulfone groups is 1. The molecule has 5 heteroatoms. The van der Waals surface area contributed by atoms with Crippen LogP contribution in [0.15, 0.2) is 53.4 Å². The molecule has 23 heavy (non-hydrogen) atoms. The summed E-state index contributed by atoms with van der Waals surface area (Å²) in [7, 11) is -1.61. The minimum atomic E-state index is -3.33. The van der Waals surface area contributed by atoms with Crippen LogP contribution in [-0.4, -0.2) is 32.5 Å². The summed E-state index contributed by atoms with van der Waals surface area (Å²) >= 11 is 0. The van der Waals surface area contributed by atoms with Crippen molar-refractivity contribution in [3.8, 4) is 0 Å². The molecule has 0 radical (unpaired) electrons. The first-order valence-corrected chi connectivity index (χ1v) is 9.23. The lowest BCUT2D eigenvalue weighted by Gasteiger charge is -2.25. The Morgan fingerprint density at radius 2 is 1.70 bits per heavy atom. The fourth-order valence-electron chi connectivity index (χ4n) is 2.31. The van der Waals surface area contributed by atoms with Gasteiger partial charge in [-0.1, -0.05) is 35.9 Å².